The zero-order valence-corrected chi connectivity index (χ0v) is 11.7. The third-order valence-corrected chi connectivity index (χ3v) is 5.24. The van der Waals surface area contributed by atoms with Crippen molar-refractivity contribution in [3.05, 3.63) is 35.0 Å². The average molecular weight is 257 g/mol. The van der Waals surface area contributed by atoms with Crippen molar-refractivity contribution in [3.8, 4) is 0 Å². The van der Waals surface area contributed by atoms with Crippen molar-refractivity contribution in [1.82, 2.24) is 14.9 Å². The summed E-state index contributed by atoms with van der Waals surface area (Å²) in [6.07, 6.45) is 7.44. The van der Waals surface area contributed by atoms with E-state index in [0.717, 1.165) is 18.6 Å². The summed E-state index contributed by atoms with van der Waals surface area (Å²) < 4.78 is 7.44. The molecule has 3 atom stereocenters. The summed E-state index contributed by atoms with van der Waals surface area (Å²) in [5.41, 5.74) is 4.12. The molecule has 0 aliphatic heterocycles. The molecule has 4 heteroatoms. The predicted molar refractivity (Wildman–Crippen MR) is 71.0 cm³/mol. The average Bonchev–Trinajstić information content (AvgIpc) is 2.95. The van der Waals surface area contributed by atoms with E-state index in [2.05, 4.69) is 25.2 Å². The first kappa shape index (κ1) is 11.3. The van der Waals surface area contributed by atoms with Crippen LogP contribution in [0.25, 0.3) is 0 Å². The summed E-state index contributed by atoms with van der Waals surface area (Å²) >= 11 is 0. The van der Waals surface area contributed by atoms with Crippen molar-refractivity contribution >= 4 is 0 Å². The molecule has 19 heavy (non-hydrogen) atoms. The van der Waals surface area contributed by atoms with Crippen LogP contribution in [-0.2, 0) is 25.3 Å². The van der Waals surface area contributed by atoms with Gasteiger partial charge in [-0.3, -0.25) is 4.68 Å². The van der Waals surface area contributed by atoms with Gasteiger partial charge in [-0.2, -0.15) is 5.10 Å². The Balaban J connectivity index is 1.90. The van der Waals surface area contributed by atoms with Gasteiger partial charge in [-0.05, 0) is 30.7 Å². The highest BCUT2D eigenvalue weighted by atomic mass is 16.5. The van der Waals surface area contributed by atoms with Crippen LogP contribution in [0.5, 0.6) is 0 Å². The van der Waals surface area contributed by atoms with E-state index >= 15 is 0 Å². The maximum Gasteiger partial charge on any atom is 0.143 e. The molecule has 2 aromatic heterocycles. The van der Waals surface area contributed by atoms with Crippen LogP contribution >= 0.6 is 0 Å². The van der Waals surface area contributed by atoms with Crippen LogP contribution in [-0.4, -0.2) is 14.9 Å². The van der Waals surface area contributed by atoms with Crippen LogP contribution in [0, 0.1) is 5.92 Å². The maximum absolute atomic E-state index is 5.48. The molecular weight excluding hydrogens is 238 g/mol. The van der Waals surface area contributed by atoms with E-state index in [9.17, 15) is 0 Å². The Kier molecular flexibility index (Phi) is 2.07. The highest BCUT2D eigenvalue weighted by molar-refractivity contribution is 5.38. The summed E-state index contributed by atoms with van der Waals surface area (Å²) in [4.78, 5) is 0. The lowest BCUT2D eigenvalue weighted by Gasteiger charge is -2.46. The van der Waals surface area contributed by atoms with Crippen molar-refractivity contribution in [3.63, 3.8) is 0 Å². The van der Waals surface area contributed by atoms with E-state index < -0.39 is 0 Å². The summed E-state index contributed by atoms with van der Waals surface area (Å²) in [6, 6.07) is 0. The van der Waals surface area contributed by atoms with Crippen molar-refractivity contribution in [1.29, 1.82) is 0 Å². The Bertz CT molecular complexity index is 642. The third-order valence-electron chi connectivity index (χ3n) is 5.24. The summed E-state index contributed by atoms with van der Waals surface area (Å²) in [5, 5.41) is 8.77. The minimum atomic E-state index is 0.132. The van der Waals surface area contributed by atoms with Gasteiger partial charge in [0.05, 0.1) is 11.9 Å². The van der Waals surface area contributed by atoms with E-state index in [-0.39, 0.29) is 5.41 Å². The van der Waals surface area contributed by atoms with E-state index in [1.165, 1.54) is 23.2 Å². The third kappa shape index (κ3) is 1.34. The minimum absolute atomic E-state index is 0.132. The fourth-order valence-electron chi connectivity index (χ4n) is 4.38. The molecule has 0 unspecified atom stereocenters. The van der Waals surface area contributed by atoms with Gasteiger partial charge in [0.15, 0.2) is 0 Å². The number of nitrogens with zero attached hydrogens (tertiary/aromatic N) is 3. The van der Waals surface area contributed by atoms with Crippen molar-refractivity contribution in [2.75, 3.05) is 0 Å². The zero-order chi connectivity index (χ0) is 13.2. The molecule has 0 radical (unpaired) electrons. The zero-order valence-electron chi connectivity index (χ0n) is 11.7. The SMILES string of the molecule is C[C@@H]1c2oncc2C[C@]2(C)c3nn(C)cc3CC[C@@H]12. The quantitative estimate of drug-likeness (QED) is 0.728. The first-order chi connectivity index (χ1) is 9.09. The molecule has 2 aliphatic carbocycles. The van der Waals surface area contributed by atoms with E-state index in [1.807, 2.05) is 17.9 Å². The molecule has 0 saturated heterocycles. The molecule has 0 bridgehead atoms. The monoisotopic (exact) mass is 257 g/mol. The normalized spacial score (nSPS) is 32.6. The van der Waals surface area contributed by atoms with Gasteiger partial charge >= 0.3 is 0 Å². The molecule has 4 rings (SSSR count). The van der Waals surface area contributed by atoms with Gasteiger partial charge < -0.3 is 4.52 Å². The molecule has 0 amide bonds. The molecule has 4 nitrogen and oxygen atoms in total. The van der Waals surface area contributed by atoms with Crippen LogP contribution in [0.4, 0.5) is 0 Å². The smallest absolute Gasteiger partial charge is 0.143 e. The molecule has 0 saturated carbocycles. The van der Waals surface area contributed by atoms with E-state index in [1.54, 1.807) is 0 Å². The van der Waals surface area contributed by atoms with Crippen LogP contribution in [0.15, 0.2) is 16.9 Å². The minimum Gasteiger partial charge on any atom is -0.361 e. The number of hydrogen-bond acceptors (Lipinski definition) is 3. The Morgan fingerprint density at radius 1 is 1.42 bits per heavy atom. The molecule has 2 aromatic rings. The number of aryl methyl sites for hydroxylation is 2. The highest BCUT2D eigenvalue weighted by Gasteiger charge is 2.50. The molecule has 0 spiro atoms. The van der Waals surface area contributed by atoms with Gasteiger partial charge in [-0.1, -0.05) is 19.0 Å². The van der Waals surface area contributed by atoms with Crippen molar-refractivity contribution in [2.45, 2.75) is 44.4 Å². The highest BCUT2D eigenvalue weighted by Crippen LogP contribution is 2.53. The number of fused-ring (bicyclic) bond motifs is 4. The summed E-state index contributed by atoms with van der Waals surface area (Å²) in [7, 11) is 2.02. The van der Waals surface area contributed by atoms with Gasteiger partial charge in [0.25, 0.3) is 0 Å². The summed E-state index contributed by atoms with van der Waals surface area (Å²) in [5.74, 6) is 2.14. The fourth-order valence-corrected chi connectivity index (χ4v) is 4.38. The van der Waals surface area contributed by atoms with Gasteiger partial charge in [0.2, 0.25) is 0 Å². The molecular formula is C15H19N3O. The Morgan fingerprint density at radius 3 is 3.11 bits per heavy atom. The van der Waals surface area contributed by atoms with E-state index in [4.69, 9.17) is 9.62 Å². The second-order valence-corrected chi connectivity index (χ2v) is 6.42. The molecule has 0 N–H and O–H groups in total. The maximum atomic E-state index is 5.48. The lowest BCUT2D eigenvalue weighted by Crippen LogP contribution is -2.44. The van der Waals surface area contributed by atoms with Gasteiger partial charge in [0.1, 0.15) is 5.76 Å². The standard InChI is InChI=1S/C15H19N3O/c1-9-12-5-4-10-8-18(3)17-14(10)15(12,2)6-11-7-16-19-13(9)11/h7-9,12H,4-6H2,1-3H3/t9-,12-,15-/m0/s1. The molecule has 100 valence electrons. The lowest BCUT2D eigenvalue weighted by atomic mass is 9.57. The first-order valence-corrected chi connectivity index (χ1v) is 7.06. The van der Waals surface area contributed by atoms with Gasteiger partial charge in [0, 0.05) is 30.1 Å². The first-order valence-electron chi connectivity index (χ1n) is 7.06. The largest absolute Gasteiger partial charge is 0.361 e. The van der Waals surface area contributed by atoms with Crippen molar-refractivity contribution in [2.24, 2.45) is 13.0 Å². The summed E-state index contributed by atoms with van der Waals surface area (Å²) in [6.45, 7) is 4.65. The Hall–Kier alpha value is -1.58. The molecule has 2 heterocycles. The Morgan fingerprint density at radius 2 is 2.26 bits per heavy atom. The van der Waals surface area contributed by atoms with Gasteiger partial charge in [-0.15, -0.1) is 0 Å². The number of hydrogen-bond donors (Lipinski definition) is 0. The lowest BCUT2D eigenvalue weighted by molar-refractivity contribution is 0.172. The van der Waals surface area contributed by atoms with Crippen molar-refractivity contribution < 1.29 is 4.52 Å². The van der Waals surface area contributed by atoms with Crippen LogP contribution in [0.3, 0.4) is 0 Å². The molecule has 0 aromatic carbocycles. The number of aromatic nitrogens is 3. The van der Waals surface area contributed by atoms with Crippen LogP contribution < -0.4 is 0 Å². The van der Waals surface area contributed by atoms with Crippen LogP contribution in [0.2, 0.25) is 0 Å². The topological polar surface area (TPSA) is 43.9 Å². The predicted octanol–water partition coefficient (Wildman–Crippen LogP) is 2.59. The molecule has 2 aliphatic rings. The number of rotatable bonds is 0. The fraction of sp³-hybridized carbons (Fsp3) is 0.600. The van der Waals surface area contributed by atoms with Crippen LogP contribution in [0.1, 0.15) is 48.8 Å². The second-order valence-electron chi connectivity index (χ2n) is 6.42. The van der Waals surface area contributed by atoms with Gasteiger partial charge in [-0.25, -0.2) is 0 Å². The second kappa shape index (κ2) is 3.50. The van der Waals surface area contributed by atoms with E-state index in [0.29, 0.717) is 11.8 Å². The Labute approximate surface area is 112 Å². The molecule has 0 fully saturated rings.